The largest absolute Gasteiger partial charge is 1.00 e. The first kappa shape index (κ1) is 43.5. The smallest absolute Gasteiger partial charge is 0.747 e. The Morgan fingerprint density at radius 2 is 1.38 bits per heavy atom. The Bertz CT molecular complexity index is 779. The van der Waals surface area contributed by atoms with E-state index in [1.807, 2.05) is 0 Å². The van der Waals surface area contributed by atoms with Crippen molar-refractivity contribution < 1.29 is 101 Å². The number of amides is 1. The number of carboxylic acid groups (broad SMARTS) is 1. The molecule has 0 aromatic rings. The number of nitrogens with zero attached hydrogens (tertiary/aromatic N) is 1. The molecule has 0 rings (SSSR count). The van der Waals surface area contributed by atoms with Gasteiger partial charge < -0.3 is 29.2 Å². The van der Waals surface area contributed by atoms with Crippen LogP contribution in [0.5, 0.6) is 0 Å². The zero-order valence-electron chi connectivity index (χ0n) is 24.2. The van der Waals surface area contributed by atoms with Gasteiger partial charge in [0, 0.05) is 13.0 Å². The molecule has 0 aliphatic carbocycles. The van der Waals surface area contributed by atoms with Crippen molar-refractivity contribution in [3.63, 3.8) is 0 Å². The monoisotopic (exact) mass is 593 g/mol. The van der Waals surface area contributed by atoms with Gasteiger partial charge in [-0.25, -0.2) is 8.42 Å². The molecule has 0 aliphatic heterocycles. The molecule has 1 unspecified atom stereocenters. The summed E-state index contributed by atoms with van der Waals surface area (Å²) in [5.41, 5.74) is 0. The van der Waals surface area contributed by atoms with Crippen molar-refractivity contribution in [1.29, 1.82) is 0 Å². The molecule has 1 amide bonds. The second kappa shape index (κ2) is 28.2. The number of esters is 1. The molecule has 13 heteroatoms. The summed E-state index contributed by atoms with van der Waals surface area (Å²) in [6, 6.07) is 0. The first-order chi connectivity index (χ1) is 17.6. The van der Waals surface area contributed by atoms with Crippen molar-refractivity contribution in [1.82, 2.24) is 4.90 Å². The predicted octanol–water partition coefficient (Wildman–Crippen LogP) is -3.55. The van der Waals surface area contributed by atoms with Crippen LogP contribution in [0.2, 0.25) is 0 Å². The van der Waals surface area contributed by atoms with Crippen molar-refractivity contribution in [3.05, 3.63) is 12.2 Å². The van der Waals surface area contributed by atoms with Crippen LogP contribution in [-0.2, 0) is 29.2 Å². The molecule has 216 valence electrons. The number of rotatable bonds is 24. The summed E-state index contributed by atoms with van der Waals surface area (Å²) >= 11 is 0. The van der Waals surface area contributed by atoms with E-state index < -0.39 is 33.7 Å². The van der Waals surface area contributed by atoms with Gasteiger partial charge in [-0.3, -0.25) is 9.59 Å². The third kappa shape index (κ3) is 25.5. The maximum Gasteiger partial charge on any atom is 1.00 e. The molecule has 1 atom stereocenters. The van der Waals surface area contributed by atoms with E-state index in [0.717, 1.165) is 38.5 Å². The van der Waals surface area contributed by atoms with Crippen LogP contribution in [0, 0.1) is 0 Å². The Morgan fingerprint density at radius 1 is 0.872 bits per heavy atom. The van der Waals surface area contributed by atoms with E-state index in [1.54, 1.807) is 0 Å². The minimum absolute atomic E-state index is 0. The van der Waals surface area contributed by atoms with Crippen molar-refractivity contribution in [2.75, 3.05) is 26.3 Å². The molecule has 0 radical (unpaired) electrons. The second-order valence-electron chi connectivity index (χ2n) is 9.16. The number of allylic oxidation sites excluding steroid dienone is 2. The third-order valence-electron chi connectivity index (χ3n) is 5.96. The summed E-state index contributed by atoms with van der Waals surface area (Å²) < 4.78 is 37.4. The summed E-state index contributed by atoms with van der Waals surface area (Å²) in [4.78, 5) is 36.1. The second-order valence-corrected chi connectivity index (χ2v) is 10.7. The number of carboxylic acids is 1. The number of aliphatic carboxylic acids is 1. The summed E-state index contributed by atoms with van der Waals surface area (Å²) in [5, 5.41) is 17.4. The molecule has 0 aromatic carbocycles. The van der Waals surface area contributed by atoms with E-state index in [0.29, 0.717) is 6.42 Å². The van der Waals surface area contributed by atoms with Crippen LogP contribution < -0.4 is 64.2 Å². The molecule has 0 saturated carbocycles. The average molecular weight is 594 g/mol. The number of aliphatic hydroxyl groups excluding tert-OH is 1. The van der Waals surface area contributed by atoms with Crippen molar-refractivity contribution in [2.24, 2.45) is 0 Å². The zero-order valence-corrected chi connectivity index (χ0v) is 29.1. The minimum Gasteiger partial charge on any atom is -0.747 e. The molecule has 0 spiro atoms. The van der Waals surface area contributed by atoms with Crippen molar-refractivity contribution in [3.8, 4) is 0 Å². The number of hydrogen-bond donors (Lipinski definition) is 1. The molecule has 0 aliphatic rings. The van der Waals surface area contributed by atoms with Gasteiger partial charge in [0.2, 0.25) is 5.91 Å². The fourth-order valence-electron chi connectivity index (χ4n) is 3.77. The van der Waals surface area contributed by atoms with E-state index in [4.69, 9.17) is 4.74 Å². The molecular weight excluding hydrogens is 548 g/mol. The topological polar surface area (TPSA) is 164 Å². The Hall–Kier alpha value is 0.0200. The predicted molar refractivity (Wildman–Crippen MR) is 137 cm³/mol. The van der Waals surface area contributed by atoms with E-state index >= 15 is 0 Å². The van der Waals surface area contributed by atoms with E-state index in [-0.39, 0.29) is 97.7 Å². The van der Waals surface area contributed by atoms with Crippen LogP contribution in [0.1, 0.15) is 103 Å². The molecule has 0 heterocycles. The fraction of sp³-hybridized carbons (Fsp3) is 0.808. The van der Waals surface area contributed by atoms with Crippen LogP contribution in [0.3, 0.4) is 0 Å². The van der Waals surface area contributed by atoms with E-state index in [1.165, 1.54) is 43.4 Å². The van der Waals surface area contributed by atoms with Gasteiger partial charge in [0.1, 0.15) is 16.7 Å². The summed E-state index contributed by atoms with van der Waals surface area (Å²) in [6.07, 6.45) is 18.6. The maximum atomic E-state index is 12.4. The molecule has 0 aromatic heterocycles. The quantitative estimate of drug-likeness (QED) is 0.0392. The summed E-state index contributed by atoms with van der Waals surface area (Å²) in [5.74, 6) is -3.59. The summed E-state index contributed by atoms with van der Waals surface area (Å²) in [6.45, 7) is 1.61. The van der Waals surface area contributed by atoms with Gasteiger partial charge in [0.25, 0.3) is 0 Å². The van der Waals surface area contributed by atoms with Crippen molar-refractivity contribution >= 4 is 28.0 Å². The Kier molecular flexibility index (Phi) is 31.4. The number of unbranched alkanes of at least 4 members (excludes halogenated alkanes) is 11. The number of ether oxygens (including phenoxy) is 1. The Morgan fingerprint density at radius 3 is 1.87 bits per heavy atom. The first-order valence-electron chi connectivity index (χ1n) is 13.5. The Labute approximate surface area is 279 Å². The molecule has 0 saturated heterocycles. The number of hydrogen-bond acceptors (Lipinski definition) is 9. The van der Waals surface area contributed by atoms with Gasteiger partial charge >= 0.3 is 65.1 Å². The number of carbonyl (C=O) groups excluding carboxylic acids is 3. The Balaban J connectivity index is -0.00000648. The molecule has 0 fully saturated rings. The molecule has 10 nitrogen and oxygen atoms in total. The standard InChI is InChI=1S/C26H47NO9S.2Na/c1-2-3-4-5-6-7-8-9-10-11-12-13-14-15-16-17-24(29)27(18-20-28)19-21-36-25(30)22-23(26(31)32)37(33,34)35;;/h9-10,23,28H,2-8,11-22H2,1H3,(H,31,32)(H,33,34,35);;/q;2*+1/p-2/b10-9-;;. The average Bonchev–Trinajstić information content (AvgIpc) is 2.83. The normalized spacial score (nSPS) is 11.9. The van der Waals surface area contributed by atoms with Gasteiger partial charge in [-0.15, -0.1) is 0 Å². The van der Waals surface area contributed by atoms with Crippen LogP contribution >= 0.6 is 0 Å². The van der Waals surface area contributed by atoms with Crippen molar-refractivity contribution in [2.45, 2.75) is 108 Å². The minimum atomic E-state index is -5.27. The van der Waals surface area contributed by atoms with Gasteiger partial charge in [0.05, 0.1) is 30.8 Å². The van der Waals surface area contributed by atoms with Crippen LogP contribution in [0.25, 0.3) is 0 Å². The van der Waals surface area contributed by atoms with Crippen LogP contribution in [0.4, 0.5) is 0 Å². The van der Waals surface area contributed by atoms with Gasteiger partial charge in [-0.2, -0.15) is 0 Å². The van der Waals surface area contributed by atoms with E-state index in [2.05, 4.69) is 19.1 Å². The zero-order chi connectivity index (χ0) is 27.9. The third-order valence-corrected chi connectivity index (χ3v) is 7.02. The fourth-order valence-corrected chi connectivity index (χ4v) is 4.35. The van der Waals surface area contributed by atoms with Gasteiger partial charge in [-0.05, 0) is 32.1 Å². The molecular formula is C26H45NNa2O9S. The molecule has 39 heavy (non-hydrogen) atoms. The SMILES string of the molecule is CCCCCCCC/C=C\CCCCCCCC(=O)N(CCO)CCOC(=O)CC(C(=O)[O-])S(=O)(=O)[O-].[Na+].[Na+]. The van der Waals surface area contributed by atoms with Crippen LogP contribution in [0.15, 0.2) is 12.2 Å². The van der Waals surface area contributed by atoms with Gasteiger partial charge in [-0.1, -0.05) is 70.4 Å². The number of carbonyl (C=O) groups is 3. The molecule has 1 N–H and O–H groups in total. The molecule has 0 bridgehead atoms. The maximum absolute atomic E-state index is 12.4. The van der Waals surface area contributed by atoms with Gasteiger partial charge in [0.15, 0.2) is 0 Å². The van der Waals surface area contributed by atoms with Crippen LogP contribution in [-0.4, -0.2) is 72.4 Å². The first-order valence-corrected chi connectivity index (χ1v) is 14.9. The van der Waals surface area contributed by atoms with E-state index in [9.17, 15) is 37.6 Å². The number of aliphatic hydroxyl groups is 1. The summed E-state index contributed by atoms with van der Waals surface area (Å²) in [7, 11) is -5.27.